The normalized spacial score (nSPS) is 17.1. The highest BCUT2D eigenvalue weighted by atomic mass is 16.3. The van der Waals surface area contributed by atoms with Gasteiger partial charge in [-0.25, -0.2) is 0 Å². The van der Waals surface area contributed by atoms with Crippen molar-refractivity contribution in [1.82, 2.24) is 0 Å². The SMILES string of the molecule is CCC(=O)C(CC)CC(CC)C(O)CC. The molecule has 1 N–H and O–H groups in total. The molecule has 15 heavy (non-hydrogen) atoms. The van der Waals surface area contributed by atoms with Crippen molar-refractivity contribution in [2.24, 2.45) is 11.8 Å². The first-order chi connectivity index (χ1) is 7.10. The van der Waals surface area contributed by atoms with Gasteiger partial charge in [0, 0.05) is 12.3 Å². The van der Waals surface area contributed by atoms with Crippen LogP contribution >= 0.6 is 0 Å². The molecule has 0 radical (unpaired) electrons. The van der Waals surface area contributed by atoms with Crippen molar-refractivity contribution < 1.29 is 9.90 Å². The van der Waals surface area contributed by atoms with Gasteiger partial charge < -0.3 is 5.11 Å². The highest BCUT2D eigenvalue weighted by Gasteiger charge is 2.23. The van der Waals surface area contributed by atoms with Crippen molar-refractivity contribution in [3.05, 3.63) is 0 Å². The summed E-state index contributed by atoms with van der Waals surface area (Å²) in [6.45, 7) is 8.06. The van der Waals surface area contributed by atoms with Gasteiger partial charge >= 0.3 is 0 Å². The van der Waals surface area contributed by atoms with Gasteiger partial charge in [0.15, 0.2) is 0 Å². The lowest BCUT2D eigenvalue weighted by molar-refractivity contribution is -0.123. The Balaban J connectivity index is 4.29. The zero-order valence-electron chi connectivity index (χ0n) is 10.6. The van der Waals surface area contributed by atoms with Gasteiger partial charge in [-0.2, -0.15) is 0 Å². The quantitative estimate of drug-likeness (QED) is 0.674. The summed E-state index contributed by atoms with van der Waals surface area (Å²) in [7, 11) is 0. The topological polar surface area (TPSA) is 37.3 Å². The summed E-state index contributed by atoms with van der Waals surface area (Å²) in [5.74, 6) is 0.788. The van der Waals surface area contributed by atoms with E-state index in [0.717, 1.165) is 25.7 Å². The van der Waals surface area contributed by atoms with E-state index in [2.05, 4.69) is 13.8 Å². The van der Waals surface area contributed by atoms with E-state index in [1.54, 1.807) is 0 Å². The molecule has 0 heterocycles. The molecular formula is C13H26O2. The molecule has 0 fully saturated rings. The van der Waals surface area contributed by atoms with E-state index in [9.17, 15) is 9.90 Å². The molecule has 0 aliphatic heterocycles. The van der Waals surface area contributed by atoms with Crippen molar-refractivity contribution in [3.8, 4) is 0 Å². The maximum Gasteiger partial charge on any atom is 0.135 e. The molecule has 90 valence electrons. The van der Waals surface area contributed by atoms with Gasteiger partial charge in [0.05, 0.1) is 6.10 Å². The molecule has 0 saturated heterocycles. The van der Waals surface area contributed by atoms with Gasteiger partial charge in [0.2, 0.25) is 0 Å². The first-order valence-electron chi connectivity index (χ1n) is 6.31. The average molecular weight is 214 g/mol. The maximum absolute atomic E-state index is 11.6. The molecule has 0 bridgehead atoms. The Bertz CT molecular complexity index is 177. The molecule has 2 nitrogen and oxygen atoms in total. The molecule has 0 aromatic rings. The molecular weight excluding hydrogens is 188 g/mol. The van der Waals surface area contributed by atoms with E-state index < -0.39 is 0 Å². The van der Waals surface area contributed by atoms with Gasteiger partial charge in [-0.05, 0) is 25.2 Å². The number of rotatable bonds is 8. The van der Waals surface area contributed by atoms with E-state index in [1.807, 2.05) is 13.8 Å². The lowest BCUT2D eigenvalue weighted by atomic mass is 9.83. The summed E-state index contributed by atoms with van der Waals surface area (Å²) >= 11 is 0. The molecule has 0 aromatic carbocycles. The van der Waals surface area contributed by atoms with Crippen LogP contribution in [-0.2, 0) is 4.79 Å². The summed E-state index contributed by atoms with van der Waals surface area (Å²) < 4.78 is 0. The predicted octanol–water partition coefficient (Wildman–Crippen LogP) is 3.18. The van der Waals surface area contributed by atoms with Crippen LogP contribution in [-0.4, -0.2) is 17.0 Å². The Morgan fingerprint density at radius 2 is 1.67 bits per heavy atom. The Morgan fingerprint density at radius 3 is 2.00 bits per heavy atom. The fourth-order valence-electron chi connectivity index (χ4n) is 2.11. The van der Waals surface area contributed by atoms with Crippen LogP contribution < -0.4 is 0 Å². The minimum absolute atomic E-state index is 0.154. The van der Waals surface area contributed by atoms with E-state index in [-0.39, 0.29) is 17.9 Å². The first-order valence-corrected chi connectivity index (χ1v) is 6.31. The summed E-state index contributed by atoms with van der Waals surface area (Å²) in [5, 5.41) is 9.81. The van der Waals surface area contributed by atoms with Gasteiger partial charge in [0.1, 0.15) is 5.78 Å². The number of aliphatic hydroxyl groups excluding tert-OH is 1. The van der Waals surface area contributed by atoms with Crippen LogP contribution in [0.1, 0.15) is 59.8 Å². The number of hydrogen-bond donors (Lipinski definition) is 1. The number of carbonyl (C=O) groups excluding carboxylic acids is 1. The zero-order chi connectivity index (χ0) is 11.8. The van der Waals surface area contributed by atoms with Crippen LogP contribution in [0.5, 0.6) is 0 Å². The lowest BCUT2D eigenvalue weighted by Gasteiger charge is -2.24. The number of hydrogen-bond acceptors (Lipinski definition) is 2. The van der Waals surface area contributed by atoms with Crippen molar-refractivity contribution in [2.75, 3.05) is 0 Å². The summed E-state index contributed by atoms with van der Waals surface area (Å²) in [6.07, 6.45) is 3.89. The number of ketones is 1. The zero-order valence-corrected chi connectivity index (χ0v) is 10.6. The highest BCUT2D eigenvalue weighted by Crippen LogP contribution is 2.24. The number of aliphatic hydroxyl groups is 1. The number of Topliss-reactive ketones (excluding diaryl/α,β-unsaturated/α-hetero) is 1. The van der Waals surface area contributed by atoms with E-state index in [0.29, 0.717) is 12.2 Å². The molecule has 0 rings (SSSR count). The Hall–Kier alpha value is -0.370. The second kappa shape index (κ2) is 7.86. The second-order valence-electron chi connectivity index (χ2n) is 4.30. The lowest BCUT2D eigenvalue weighted by Crippen LogP contribution is -2.25. The van der Waals surface area contributed by atoms with Crippen LogP contribution in [0.15, 0.2) is 0 Å². The van der Waals surface area contributed by atoms with Crippen LogP contribution in [0, 0.1) is 11.8 Å². The number of carbonyl (C=O) groups is 1. The fraction of sp³-hybridized carbons (Fsp3) is 0.923. The summed E-state index contributed by atoms with van der Waals surface area (Å²) in [4.78, 5) is 11.6. The van der Waals surface area contributed by atoms with E-state index >= 15 is 0 Å². The van der Waals surface area contributed by atoms with Crippen LogP contribution in [0.4, 0.5) is 0 Å². The Morgan fingerprint density at radius 1 is 1.07 bits per heavy atom. The third-order valence-corrected chi connectivity index (χ3v) is 3.37. The van der Waals surface area contributed by atoms with Crippen LogP contribution in [0.2, 0.25) is 0 Å². The molecule has 3 unspecified atom stereocenters. The molecule has 2 heteroatoms. The van der Waals surface area contributed by atoms with Gasteiger partial charge in [0.25, 0.3) is 0 Å². The van der Waals surface area contributed by atoms with Gasteiger partial charge in [-0.15, -0.1) is 0 Å². The smallest absolute Gasteiger partial charge is 0.135 e. The standard InChI is InChI=1S/C13H26O2/c1-5-10(12(14)7-3)9-11(6-2)13(15)8-4/h10-12,14H,5-9H2,1-4H3. The first kappa shape index (κ1) is 14.6. The summed E-state index contributed by atoms with van der Waals surface area (Å²) in [6, 6.07) is 0. The van der Waals surface area contributed by atoms with Crippen LogP contribution in [0.25, 0.3) is 0 Å². The Kier molecular flexibility index (Phi) is 7.67. The fourth-order valence-corrected chi connectivity index (χ4v) is 2.11. The predicted molar refractivity (Wildman–Crippen MR) is 63.8 cm³/mol. The third-order valence-electron chi connectivity index (χ3n) is 3.37. The molecule has 0 saturated carbocycles. The van der Waals surface area contributed by atoms with Crippen molar-refractivity contribution in [1.29, 1.82) is 0 Å². The minimum Gasteiger partial charge on any atom is -0.393 e. The van der Waals surface area contributed by atoms with Gasteiger partial charge in [-0.3, -0.25) is 4.79 Å². The molecule has 0 aliphatic carbocycles. The highest BCUT2D eigenvalue weighted by molar-refractivity contribution is 5.80. The molecule has 0 amide bonds. The average Bonchev–Trinajstić information content (AvgIpc) is 2.28. The van der Waals surface area contributed by atoms with Crippen LogP contribution in [0.3, 0.4) is 0 Å². The molecule has 3 atom stereocenters. The monoisotopic (exact) mass is 214 g/mol. The van der Waals surface area contributed by atoms with E-state index in [4.69, 9.17) is 0 Å². The van der Waals surface area contributed by atoms with Crippen molar-refractivity contribution in [2.45, 2.75) is 65.9 Å². The Labute approximate surface area is 94.1 Å². The molecule has 0 aliphatic rings. The molecule has 0 aromatic heterocycles. The van der Waals surface area contributed by atoms with E-state index in [1.165, 1.54) is 0 Å². The second-order valence-corrected chi connectivity index (χ2v) is 4.30. The maximum atomic E-state index is 11.6. The minimum atomic E-state index is -0.242. The molecule has 0 spiro atoms. The van der Waals surface area contributed by atoms with Gasteiger partial charge in [-0.1, -0.05) is 34.1 Å². The third kappa shape index (κ3) is 4.78. The summed E-state index contributed by atoms with van der Waals surface area (Å²) in [5.41, 5.74) is 0. The largest absolute Gasteiger partial charge is 0.393 e. The van der Waals surface area contributed by atoms with Crippen molar-refractivity contribution >= 4 is 5.78 Å². The van der Waals surface area contributed by atoms with Crippen molar-refractivity contribution in [3.63, 3.8) is 0 Å².